The Kier molecular flexibility index (Phi) is 3.34. The van der Waals surface area contributed by atoms with Crippen LogP contribution in [0.5, 0.6) is 5.75 Å². The minimum atomic E-state index is 0.898. The average Bonchev–Trinajstić information content (AvgIpc) is 2.30. The van der Waals surface area contributed by atoms with Crippen LogP contribution in [-0.2, 0) is 0 Å². The van der Waals surface area contributed by atoms with E-state index in [1.54, 1.807) is 7.11 Å². The molecule has 0 spiro atoms. The van der Waals surface area contributed by atoms with Gasteiger partial charge in [0.1, 0.15) is 5.75 Å². The maximum atomic E-state index is 5.90. The lowest BCUT2D eigenvalue weighted by atomic mass is 10.2. The first-order valence-electron chi connectivity index (χ1n) is 5.09. The molecular weight excluding hydrogens is 212 g/mol. The summed E-state index contributed by atoms with van der Waals surface area (Å²) in [7, 11) is 1.68. The summed E-state index contributed by atoms with van der Waals surface area (Å²) in [6, 6.07) is 8.15. The van der Waals surface area contributed by atoms with Gasteiger partial charge in [-0.2, -0.15) is 0 Å². The number of methoxy groups -OCH3 is 1. The van der Waals surface area contributed by atoms with E-state index in [1.165, 1.54) is 5.69 Å². The van der Waals surface area contributed by atoms with Gasteiger partial charge >= 0.3 is 0 Å². The minimum absolute atomic E-state index is 0.898. The van der Waals surface area contributed by atoms with Gasteiger partial charge in [0, 0.05) is 31.9 Å². The lowest BCUT2D eigenvalue weighted by molar-refractivity contribution is 0.412. The molecule has 0 radical (unpaired) electrons. The Morgan fingerprint density at radius 2 is 1.67 bits per heavy atom. The van der Waals surface area contributed by atoms with E-state index in [2.05, 4.69) is 17.0 Å². The first kappa shape index (κ1) is 10.6. The third-order valence-corrected chi connectivity index (χ3v) is 3.00. The third-order valence-electron chi connectivity index (χ3n) is 2.66. The Bertz CT molecular complexity index is 307. The molecule has 1 aromatic carbocycles. The predicted octanol–water partition coefficient (Wildman–Crippen LogP) is 1.97. The Labute approximate surface area is 95.3 Å². The lowest BCUT2D eigenvalue weighted by Crippen LogP contribution is -2.42. The number of halogens is 1. The fraction of sp³-hybridized carbons (Fsp3) is 0.455. The number of piperazine rings is 1. The summed E-state index contributed by atoms with van der Waals surface area (Å²) in [6.07, 6.45) is 0. The van der Waals surface area contributed by atoms with Crippen LogP contribution in [0, 0.1) is 0 Å². The topological polar surface area (TPSA) is 15.7 Å². The molecule has 1 aromatic rings. The average molecular weight is 227 g/mol. The van der Waals surface area contributed by atoms with Crippen molar-refractivity contribution in [2.45, 2.75) is 0 Å². The van der Waals surface area contributed by atoms with E-state index >= 15 is 0 Å². The molecule has 1 heterocycles. The first-order chi connectivity index (χ1) is 7.29. The van der Waals surface area contributed by atoms with E-state index < -0.39 is 0 Å². The SMILES string of the molecule is COc1ccc(N2CCN(Cl)CC2)cc1. The number of ether oxygens (including phenoxy) is 1. The number of hydrogen-bond donors (Lipinski definition) is 0. The fourth-order valence-electron chi connectivity index (χ4n) is 1.73. The zero-order valence-electron chi connectivity index (χ0n) is 8.82. The minimum Gasteiger partial charge on any atom is -0.497 e. The molecule has 1 saturated heterocycles. The number of nitrogens with zero attached hydrogens (tertiary/aromatic N) is 2. The number of benzene rings is 1. The van der Waals surface area contributed by atoms with Gasteiger partial charge in [-0.15, -0.1) is 0 Å². The van der Waals surface area contributed by atoms with Gasteiger partial charge in [-0.25, -0.2) is 4.42 Å². The van der Waals surface area contributed by atoms with E-state index in [0.29, 0.717) is 0 Å². The maximum Gasteiger partial charge on any atom is 0.119 e. The largest absolute Gasteiger partial charge is 0.497 e. The second-order valence-corrected chi connectivity index (χ2v) is 4.07. The molecule has 4 heteroatoms. The van der Waals surface area contributed by atoms with Crippen molar-refractivity contribution in [1.82, 2.24) is 4.42 Å². The van der Waals surface area contributed by atoms with Gasteiger partial charge in [-0.1, -0.05) is 0 Å². The highest BCUT2D eigenvalue weighted by Crippen LogP contribution is 2.20. The van der Waals surface area contributed by atoms with Crippen molar-refractivity contribution in [2.75, 3.05) is 38.2 Å². The van der Waals surface area contributed by atoms with E-state index in [4.69, 9.17) is 16.5 Å². The van der Waals surface area contributed by atoms with E-state index in [9.17, 15) is 0 Å². The highest BCUT2D eigenvalue weighted by Gasteiger charge is 2.15. The van der Waals surface area contributed by atoms with E-state index in [1.807, 2.05) is 16.6 Å². The smallest absolute Gasteiger partial charge is 0.119 e. The Morgan fingerprint density at radius 3 is 2.20 bits per heavy atom. The van der Waals surface area contributed by atoms with Gasteiger partial charge in [0.25, 0.3) is 0 Å². The highest BCUT2D eigenvalue weighted by molar-refractivity contribution is 6.13. The molecule has 0 aliphatic carbocycles. The standard InChI is InChI=1S/C11H15ClN2O/c1-15-11-4-2-10(3-5-11)13-6-8-14(12)9-7-13/h2-5H,6-9H2,1H3. The van der Waals surface area contributed by atoms with Crippen LogP contribution in [0.25, 0.3) is 0 Å². The van der Waals surface area contributed by atoms with Crippen molar-refractivity contribution in [3.63, 3.8) is 0 Å². The molecule has 15 heavy (non-hydrogen) atoms. The Hall–Kier alpha value is -0.930. The fourth-order valence-corrected chi connectivity index (χ4v) is 1.88. The molecular formula is C11H15ClN2O. The summed E-state index contributed by atoms with van der Waals surface area (Å²) in [5.41, 5.74) is 1.24. The summed E-state index contributed by atoms with van der Waals surface area (Å²) in [4.78, 5) is 2.33. The van der Waals surface area contributed by atoms with Gasteiger partial charge in [0.05, 0.1) is 7.11 Å². The van der Waals surface area contributed by atoms with Crippen LogP contribution in [0.15, 0.2) is 24.3 Å². The number of hydrogen-bond acceptors (Lipinski definition) is 3. The second kappa shape index (κ2) is 4.73. The van der Waals surface area contributed by atoms with Gasteiger partial charge in [0.15, 0.2) is 0 Å². The Morgan fingerprint density at radius 1 is 1.07 bits per heavy atom. The molecule has 0 aromatic heterocycles. The van der Waals surface area contributed by atoms with Crippen LogP contribution in [0.2, 0.25) is 0 Å². The molecule has 1 aliphatic rings. The molecule has 3 nitrogen and oxygen atoms in total. The summed E-state index contributed by atoms with van der Waals surface area (Å²) in [6.45, 7) is 3.78. The zero-order valence-corrected chi connectivity index (χ0v) is 9.57. The summed E-state index contributed by atoms with van der Waals surface area (Å²) < 4.78 is 6.96. The molecule has 0 amide bonds. The molecule has 0 saturated carbocycles. The molecule has 0 N–H and O–H groups in total. The van der Waals surface area contributed by atoms with E-state index in [0.717, 1.165) is 31.9 Å². The van der Waals surface area contributed by atoms with E-state index in [-0.39, 0.29) is 0 Å². The third kappa shape index (κ3) is 2.55. The quantitative estimate of drug-likeness (QED) is 0.718. The summed E-state index contributed by atoms with van der Waals surface area (Å²) in [5.74, 6) is 0.898. The Balaban J connectivity index is 2.03. The zero-order chi connectivity index (χ0) is 10.7. The van der Waals surface area contributed by atoms with Crippen LogP contribution < -0.4 is 9.64 Å². The molecule has 82 valence electrons. The predicted molar refractivity (Wildman–Crippen MR) is 62.6 cm³/mol. The molecule has 0 bridgehead atoms. The van der Waals surface area contributed by atoms with Crippen molar-refractivity contribution in [2.24, 2.45) is 0 Å². The van der Waals surface area contributed by atoms with Crippen molar-refractivity contribution in [3.8, 4) is 5.75 Å². The normalized spacial score (nSPS) is 17.9. The van der Waals surface area contributed by atoms with Crippen LogP contribution in [0.3, 0.4) is 0 Å². The molecule has 1 aliphatic heterocycles. The lowest BCUT2D eigenvalue weighted by Gasteiger charge is -2.32. The van der Waals surface area contributed by atoms with Crippen LogP contribution in [-0.4, -0.2) is 37.7 Å². The van der Waals surface area contributed by atoms with Crippen molar-refractivity contribution in [1.29, 1.82) is 0 Å². The number of anilines is 1. The van der Waals surface area contributed by atoms with Crippen LogP contribution in [0.1, 0.15) is 0 Å². The summed E-state index contributed by atoms with van der Waals surface area (Å²) >= 11 is 5.90. The first-order valence-corrected chi connectivity index (χ1v) is 5.43. The van der Waals surface area contributed by atoms with Gasteiger partial charge in [-0.05, 0) is 36.0 Å². The summed E-state index contributed by atoms with van der Waals surface area (Å²) in [5, 5.41) is 0. The maximum absolute atomic E-state index is 5.90. The molecule has 1 fully saturated rings. The second-order valence-electron chi connectivity index (χ2n) is 3.59. The van der Waals surface area contributed by atoms with Crippen molar-refractivity contribution in [3.05, 3.63) is 24.3 Å². The van der Waals surface area contributed by atoms with Gasteiger partial charge in [-0.3, -0.25) is 0 Å². The van der Waals surface area contributed by atoms with Crippen molar-refractivity contribution >= 4 is 17.5 Å². The van der Waals surface area contributed by atoms with Crippen LogP contribution in [0.4, 0.5) is 5.69 Å². The van der Waals surface area contributed by atoms with Crippen LogP contribution >= 0.6 is 11.8 Å². The molecule has 0 atom stereocenters. The highest BCUT2D eigenvalue weighted by atomic mass is 35.5. The van der Waals surface area contributed by atoms with Gasteiger partial charge < -0.3 is 9.64 Å². The monoisotopic (exact) mass is 226 g/mol. The van der Waals surface area contributed by atoms with Crippen molar-refractivity contribution < 1.29 is 4.74 Å². The number of rotatable bonds is 2. The van der Waals surface area contributed by atoms with Gasteiger partial charge in [0.2, 0.25) is 0 Å². The molecule has 2 rings (SSSR count). The molecule has 0 unspecified atom stereocenters.